The van der Waals surface area contributed by atoms with E-state index < -0.39 is 44.9 Å². The van der Waals surface area contributed by atoms with Gasteiger partial charge in [0.25, 0.3) is 5.91 Å². The van der Waals surface area contributed by atoms with Gasteiger partial charge in [-0.25, -0.2) is 13.4 Å². The number of aromatic nitrogens is 2. The Labute approximate surface area is 445 Å². The number of anilines is 1. The lowest BCUT2D eigenvalue weighted by Crippen LogP contribution is -2.58. The SMILES string of the molecule is Cc1ccc(NC(=O)C2(c3ccc4c(c3)OC(F)(F)O4)CC2)nc1-c1cccc(C(=O)NCCS(=O)(=O)CC(=O)N2C[C@H](C)N(Cc3c(C)cc(Cl)cc3-c3ccnc4cc(CN5C(=O)C6CC6C5=O)sc34)[C@@H](C)C2)c1. The van der Waals surface area contributed by atoms with Gasteiger partial charge in [-0.1, -0.05) is 35.9 Å². The summed E-state index contributed by atoms with van der Waals surface area (Å²) in [7, 11) is -3.94. The zero-order valence-electron chi connectivity index (χ0n) is 41.8. The third kappa shape index (κ3) is 9.91. The summed E-state index contributed by atoms with van der Waals surface area (Å²) in [6.45, 7) is 8.96. The fourth-order valence-corrected chi connectivity index (χ4v) is 13.4. The van der Waals surface area contributed by atoms with E-state index >= 15 is 0 Å². The highest BCUT2D eigenvalue weighted by Crippen LogP contribution is 2.53. The van der Waals surface area contributed by atoms with Crippen molar-refractivity contribution in [1.29, 1.82) is 0 Å². The minimum atomic E-state index is -3.94. The van der Waals surface area contributed by atoms with Crippen molar-refractivity contribution in [3.8, 4) is 33.9 Å². The number of likely N-dealkylation sites (tertiary alicyclic amines) is 1. The number of piperidine rings is 1. The summed E-state index contributed by atoms with van der Waals surface area (Å²) in [4.78, 5) is 81.7. The number of alkyl halides is 2. The first kappa shape index (κ1) is 51.2. The number of hydrogen-bond acceptors (Lipinski definition) is 13. The molecular formula is C55H52ClF2N7O9S2. The molecule has 4 fully saturated rings. The van der Waals surface area contributed by atoms with Gasteiger partial charge in [-0.05, 0) is 129 Å². The molecule has 6 heterocycles. The van der Waals surface area contributed by atoms with Crippen molar-refractivity contribution in [2.75, 3.05) is 36.5 Å². The Morgan fingerprint density at radius 2 is 1.61 bits per heavy atom. The molecule has 2 N–H and O–H groups in total. The Hall–Kier alpha value is -6.87. The van der Waals surface area contributed by atoms with Crippen LogP contribution in [0.2, 0.25) is 5.02 Å². The van der Waals surface area contributed by atoms with Gasteiger partial charge in [0.15, 0.2) is 21.3 Å². The molecule has 5 amide bonds. The van der Waals surface area contributed by atoms with Gasteiger partial charge in [0.1, 0.15) is 11.6 Å². The number of piperazine rings is 1. The van der Waals surface area contributed by atoms with Crippen molar-refractivity contribution in [1.82, 2.24) is 30.0 Å². The van der Waals surface area contributed by atoms with Gasteiger partial charge in [0.2, 0.25) is 23.6 Å². The van der Waals surface area contributed by atoms with Crippen LogP contribution in [-0.4, -0.2) is 112 Å². The summed E-state index contributed by atoms with van der Waals surface area (Å²) in [5.41, 5.74) is 6.22. The van der Waals surface area contributed by atoms with E-state index in [4.69, 9.17) is 11.6 Å². The second-order valence-corrected chi connectivity index (χ2v) is 24.3. The van der Waals surface area contributed by atoms with Crippen LogP contribution in [0.15, 0.2) is 85.1 Å². The van der Waals surface area contributed by atoms with Gasteiger partial charge in [-0.2, -0.15) is 0 Å². The van der Waals surface area contributed by atoms with Crippen molar-refractivity contribution in [3.63, 3.8) is 0 Å². The van der Waals surface area contributed by atoms with Crippen LogP contribution in [0.4, 0.5) is 14.6 Å². The normalized spacial score (nSPS) is 21.2. The molecule has 11 rings (SSSR count). The fourth-order valence-electron chi connectivity index (χ4n) is 10.8. The molecule has 2 aliphatic carbocycles. The Bertz CT molecular complexity index is 3520. The van der Waals surface area contributed by atoms with Gasteiger partial charge in [0, 0.05) is 71.0 Å². The second kappa shape index (κ2) is 19.3. The fraction of sp³-hybridized carbons (Fsp3) is 0.364. The van der Waals surface area contributed by atoms with Crippen LogP contribution in [-0.2, 0) is 47.5 Å². The number of thiophene rings is 1. The maximum Gasteiger partial charge on any atom is 0.586 e. The largest absolute Gasteiger partial charge is 0.586 e. The molecule has 3 aliphatic heterocycles. The number of imide groups is 1. The Balaban J connectivity index is 0.692. The van der Waals surface area contributed by atoms with E-state index in [-0.39, 0.29) is 77.6 Å². The predicted molar refractivity (Wildman–Crippen MR) is 281 cm³/mol. The summed E-state index contributed by atoms with van der Waals surface area (Å²) >= 11 is 8.21. The zero-order chi connectivity index (χ0) is 53.6. The standard InChI is InChI=1S/C55H52ClF2N7O9S2/c1-29-8-11-46(62-53(70)54(13-14-54)35-9-10-44-45(20-35)74-55(57,58)73-44)61-48(29)33-6-5-7-34(19-33)50(67)60-16-17-76(71,72)28-47(66)63-24-31(3)64(32(4)25-63)27-42-30(2)18-36(56)21-39(42)38-12-15-59-43-22-37(75-49(38)43)26-65-51(68)40-23-41(40)52(65)69/h5-12,15,18-22,31-32,40-41H,13-14,16-17,23-28H2,1-4H3,(H,60,67)(H,61,62,70)/t31-,32-,40?,41?/m0/s1. The number of amides is 5. The van der Waals surface area contributed by atoms with Crippen molar-refractivity contribution in [3.05, 3.63) is 123 Å². The lowest BCUT2D eigenvalue weighted by Gasteiger charge is -2.45. The first-order valence-corrected chi connectivity index (χ1v) is 28.0. The van der Waals surface area contributed by atoms with Gasteiger partial charge >= 0.3 is 6.29 Å². The molecule has 76 heavy (non-hydrogen) atoms. The Morgan fingerprint density at radius 1 is 0.868 bits per heavy atom. The molecule has 0 spiro atoms. The number of rotatable bonds is 15. The molecule has 6 aromatic rings. The molecule has 2 saturated carbocycles. The smallest absolute Gasteiger partial charge is 0.395 e. The van der Waals surface area contributed by atoms with Crippen LogP contribution in [0.1, 0.15) is 70.6 Å². The van der Waals surface area contributed by atoms with E-state index in [2.05, 4.69) is 35.0 Å². The number of aryl methyl sites for hydroxylation is 2. The van der Waals surface area contributed by atoms with Crippen LogP contribution >= 0.6 is 22.9 Å². The summed E-state index contributed by atoms with van der Waals surface area (Å²) < 4.78 is 64.2. The van der Waals surface area contributed by atoms with E-state index in [0.29, 0.717) is 60.7 Å². The van der Waals surface area contributed by atoms with E-state index in [1.807, 2.05) is 52.0 Å². The summed E-state index contributed by atoms with van der Waals surface area (Å²) in [6, 6.07) is 21.8. The van der Waals surface area contributed by atoms with Gasteiger partial charge in [-0.3, -0.25) is 38.8 Å². The van der Waals surface area contributed by atoms with Crippen molar-refractivity contribution in [2.45, 2.75) is 83.8 Å². The van der Waals surface area contributed by atoms with Crippen molar-refractivity contribution < 1.29 is 50.6 Å². The number of nitrogens with one attached hydrogen (secondary N) is 2. The summed E-state index contributed by atoms with van der Waals surface area (Å²) in [5.74, 6) is -3.14. The van der Waals surface area contributed by atoms with Gasteiger partial charge < -0.3 is 25.0 Å². The van der Waals surface area contributed by atoms with Crippen molar-refractivity contribution in [2.24, 2.45) is 11.8 Å². The number of sulfone groups is 1. The minimum absolute atomic E-state index is 0.101. The van der Waals surface area contributed by atoms with Gasteiger partial charge in [-0.15, -0.1) is 20.1 Å². The lowest BCUT2D eigenvalue weighted by atomic mass is 9.94. The van der Waals surface area contributed by atoms with E-state index in [0.717, 1.165) is 42.9 Å². The van der Waals surface area contributed by atoms with Crippen LogP contribution in [0.25, 0.3) is 32.6 Å². The molecule has 2 unspecified atom stereocenters. The number of ether oxygens (including phenoxy) is 2. The molecule has 5 aliphatic rings. The number of carbonyl (C=O) groups is 5. The number of fused-ring (bicyclic) bond motifs is 3. The molecule has 4 atom stereocenters. The van der Waals surface area contributed by atoms with Crippen molar-refractivity contribution >= 4 is 78.3 Å². The monoisotopic (exact) mass is 1090 g/mol. The lowest BCUT2D eigenvalue weighted by molar-refractivity contribution is -0.286. The maximum absolute atomic E-state index is 13.7. The predicted octanol–water partition coefficient (Wildman–Crippen LogP) is 8.06. The molecule has 0 bridgehead atoms. The Morgan fingerprint density at radius 3 is 2.34 bits per heavy atom. The molecule has 3 aromatic heterocycles. The third-order valence-electron chi connectivity index (χ3n) is 15.2. The highest BCUT2D eigenvalue weighted by molar-refractivity contribution is 7.92. The number of carbonyl (C=O) groups excluding carboxylic acids is 5. The van der Waals surface area contributed by atoms with Crippen LogP contribution in [0.5, 0.6) is 11.5 Å². The number of hydrogen-bond donors (Lipinski definition) is 2. The molecular weight excluding hydrogens is 1040 g/mol. The molecule has 16 nitrogen and oxygen atoms in total. The van der Waals surface area contributed by atoms with Gasteiger partial charge in [0.05, 0.1) is 45.5 Å². The minimum Gasteiger partial charge on any atom is -0.395 e. The third-order valence-corrected chi connectivity index (χ3v) is 18.0. The summed E-state index contributed by atoms with van der Waals surface area (Å²) in [6.07, 6.45) is -0.415. The van der Waals surface area contributed by atoms with Crippen LogP contribution in [0, 0.1) is 25.7 Å². The number of pyridine rings is 2. The van der Waals surface area contributed by atoms with E-state index in [9.17, 15) is 41.2 Å². The number of halogens is 3. The van der Waals surface area contributed by atoms with Crippen LogP contribution < -0.4 is 20.1 Å². The number of nitrogens with zero attached hydrogens (tertiary/aromatic N) is 5. The van der Waals surface area contributed by atoms with E-state index in [1.165, 1.54) is 28.4 Å². The molecule has 394 valence electrons. The molecule has 0 radical (unpaired) electrons. The molecule has 3 aromatic carbocycles. The second-order valence-electron chi connectivity index (χ2n) is 20.6. The molecule has 21 heteroatoms. The first-order chi connectivity index (χ1) is 36.2. The summed E-state index contributed by atoms with van der Waals surface area (Å²) in [5, 5.41) is 6.11. The quantitative estimate of drug-likeness (QED) is 0.0940. The van der Waals surface area contributed by atoms with Crippen LogP contribution in [0.3, 0.4) is 0 Å². The maximum atomic E-state index is 13.7. The highest BCUT2D eigenvalue weighted by Gasteiger charge is 2.59. The average Bonchev–Trinajstić information content (AvgIpc) is 4.32. The Kier molecular flexibility index (Phi) is 13.0. The van der Waals surface area contributed by atoms with E-state index in [1.54, 1.807) is 53.6 Å². The zero-order valence-corrected chi connectivity index (χ0v) is 44.2. The topological polar surface area (TPSA) is 198 Å². The first-order valence-electron chi connectivity index (χ1n) is 25.0. The highest BCUT2D eigenvalue weighted by atomic mass is 35.5. The average molecular weight is 1090 g/mol. The molecule has 2 saturated heterocycles. The number of benzene rings is 3.